The van der Waals surface area contributed by atoms with Crippen molar-refractivity contribution >= 4 is 11.9 Å². The molecule has 1 amide bonds. The molecule has 0 radical (unpaired) electrons. The molecule has 27 heavy (non-hydrogen) atoms. The van der Waals surface area contributed by atoms with Gasteiger partial charge in [0.2, 0.25) is 0 Å². The van der Waals surface area contributed by atoms with E-state index in [2.05, 4.69) is 18.9 Å². The lowest BCUT2D eigenvalue weighted by molar-refractivity contribution is -0.145. The summed E-state index contributed by atoms with van der Waals surface area (Å²) in [6.07, 6.45) is 4.32. The molecule has 144 valence electrons. The number of aliphatic carboxylic acids is 1. The van der Waals surface area contributed by atoms with Crippen LogP contribution in [0.5, 0.6) is 0 Å². The number of piperidine rings is 1. The van der Waals surface area contributed by atoms with E-state index in [0.717, 1.165) is 18.4 Å². The highest BCUT2D eigenvalue weighted by molar-refractivity contribution is 5.93. The first-order valence-corrected chi connectivity index (χ1v) is 9.65. The number of rotatable bonds is 6. The summed E-state index contributed by atoms with van der Waals surface area (Å²) in [5.74, 6) is -0.880. The lowest BCUT2D eigenvalue weighted by atomic mass is 9.73. The number of carboxylic acids is 1. The summed E-state index contributed by atoms with van der Waals surface area (Å²) in [5, 5.41) is 14.3. The zero-order valence-corrected chi connectivity index (χ0v) is 16.0. The SMILES string of the molecule is CCC(CC)n1nccc1C(=O)N1CCC(C(=O)O)(c2ccccc2)CC1. The van der Waals surface area contributed by atoms with Gasteiger partial charge >= 0.3 is 5.97 Å². The normalized spacial score (nSPS) is 16.5. The van der Waals surface area contributed by atoms with Crippen LogP contribution in [0, 0.1) is 0 Å². The largest absolute Gasteiger partial charge is 0.481 e. The molecule has 1 aromatic carbocycles. The summed E-state index contributed by atoms with van der Waals surface area (Å²) in [6.45, 7) is 5.03. The third-order valence-electron chi connectivity index (χ3n) is 5.82. The van der Waals surface area contributed by atoms with Gasteiger partial charge in [0, 0.05) is 19.3 Å². The number of hydrogen-bond acceptors (Lipinski definition) is 3. The van der Waals surface area contributed by atoms with Gasteiger partial charge in [0.05, 0.1) is 11.5 Å². The van der Waals surface area contributed by atoms with Crippen molar-refractivity contribution in [1.29, 1.82) is 0 Å². The Bertz CT molecular complexity index is 788. The van der Waals surface area contributed by atoms with Crippen molar-refractivity contribution in [3.63, 3.8) is 0 Å². The highest BCUT2D eigenvalue weighted by Crippen LogP contribution is 2.36. The topological polar surface area (TPSA) is 75.4 Å². The predicted octanol–water partition coefficient (Wildman–Crippen LogP) is 3.50. The number of nitrogens with zero attached hydrogens (tertiary/aromatic N) is 3. The second-order valence-corrected chi connectivity index (χ2v) is 7.18. The molecule has 1 aliphatic rings. The molecule has 1 aromatic heterocycles. The molecular formula is C21H27N3O3. The molecule has 6 heteroatoms. The zero-order valence-electron chi connectivity index (χ0n) is 16.0. The number of carbonyl (C=O) groups excluding carboxylic acids is 1. The van der Waals surface area contributed by atoms with Gasteiger partial charge in [-0.2, -0.15) is 5.10 Å². The lowest BCUT2D eigenvalue weighted by Gasteiger charge is -2.39. The number of carboxylic acid groups (broad SMARTS) is 1. The smallest absolute Gasteiger partial charge is 0.314 e. The molecule has 0 saturated carbocycles. The fourth-order valence-electron chi connectivity index (χ4n) is 4.05. The summed E-state index contributed by atoms with van der Waals surface area (Å²) in [7, 11) is 0. The van der Waals surface area contributed by atoms with Crippen LogP contribution < -0.4 is 0 Å². The summed E-state index contributed by atoms with van der Waals surface area (Å²) in [5.41, 5.74) is 0.478. The van der Waals surface area contributed by atoms with Crippen LogP contribution in [-0.4, -0.2) is 44.8 Å². The van der Waals surface area contributed by atoms with Gasteiger partial charge in [-0.25, -0.2) is 0 Å². The maximum absolute atomic E-state index is 13.1. The minimum atomic E-state index is -0.923. The Morgan fingerprint density at radius 2 is 1.74 bits per heavy atom. The first kappa shape index (κ1) is 19.1. The summed E-state index contributed by atoms with van der Waals surface area (Å²) in [6, 6.07) is 11.3. The van der Waals surface area contributed by atoms with Gasteiger partial charge in [-0.3, -0.25) is 14.3 Å². The summed E-state index contributed by atoms with van der Waals surface area (Å²) >= 11 is 0. The molecule has 6 nitrogen and oxygen atoms in total. The van der Waals surface area contributed by atoms with E-state index >= 15 is 0 Å². The second kappa shape index (κ2) is 7.94. The van der Waals surface area contributed by atoms with E-state index in [0.29, 0.717) is 31.6 Å². The fourth-order valence-corrected chi connectivity index (χ4v) is 4.05. The maximum Gasteiger partial charge on any atom is 0.314 e. The van der Waals surface area contributed by atoms with Crippen LogP contribution in [0.3, 0.4) is 0 Å². The molecule has 0 spiro atoms. The standard InChI is InChI=1S/C21H27N3O3/c1-3-17(4-2)24-18(10-13-22-24)19(25)23-14-11-21(12-15-23,20(26)27)16-8-6-5-7-9-16/h5-10,13,17H,3-4,11-12,14-15H2,1-2H3,(H,26,27). The number of amides is 1. The van der Waals surface area contributed by atoms with Crippen LogP contribution in [0.15, 0.2) is 42.6 Å². The molecule has 1 fully saturated rings. The first-order chi connectivity index (χ1) is 13.0. The van der Waals surface area contributed by atoms with Crippen molar-refractivity contribution < 1.29 is 14.7 Å². The minimum absolute atomic E-state index is 0.0635. The van der Waals surface area contributed by atoms with Crippen LogP contribution in [0.2, 0.25) is 0 Å². The van der Waals surface area contributed by atoms with E-state index in [4.69, 9.17) is 0 Å². The Balaban J connectivity index is 1.79. The summed E-state index contributed by atoms with van der Waals surface area (Å²) < 4.78 is 1.82. The molecule has 1 aliphatic heterocycles. The molecule has 2 aromatic rings. The predicted molar refractivity (Wildman–Crippen MR) is 103 cm³/mol. The number of hydrogen-bond donors (Lipinski definition) is 1. The second-order valence-electron chi connectivity index (χ2n) is 7.18. The highest BCUT2D eigenvalue weighted by Gasteiger charge is 2.44. The summed E-state index contributed by atoms with van der Waals surface area (Å²) in [4.78, 5) is 26.9. The van der Waals surface area contributed by atoms with Gasteiger partial charge in [-0.05, 0) is 37.3 Å². The van der Waals surface area contributed by atoms with Crippen LogP contribution in [0.4, 0.5) is 0 Å². The molecule has 3 rings (SSSR count). The Morgan fingerprint density at radius 1 is 1.11 bits per heavy atom. The molecule has 1 saturated heterocycles. The third kappa shape index (κ3) is 3.48. The first-order valence-electron chi connectivity index (χ1n) is 9.65. The maximum atomic E-state index is 13.1. The Morgan fingerprint density at radius 3 is 2.30 bits per heavy atom. The molecule has 2 heterocycles. The van der Waals surface area contributed by atoms with Gasteiger partial charge in [-0.1, -0.05) is 44.2 Å². The van der Waals surface area contributed by atoms with Gasteiger partial charge in [0.15, 0.2) is 0 Å². The van der Waals surface area contributed by atoms with Crippen molar-refractivity contribution in [1.82, 2.24) is 14.7 Å². The number of aromatic nitrogens is 2. The van der Waals surface area contributed by atoms with Gasteiger partial charge < -0.3 is 10.0 Å². The molecule has 0 bridgehead atoms. The fraction of sp³-hybridized carbons (Fsp3) is 0.476. The number of likely N-dealkylation sites (tertiary alicyclic amines) is 1. The van der Waals surface area contributed by atoms with Crippen molar-refractivity contribution in [2.24, 2.45) is 0 Å². The van der Waals surface area contributed by atoms with E-state index in [9.17, 15) is 14.7 Å². The molecule has 0 aliphatic carbocycles. The zero-order chi connectivity index (χ0) is 19.4. The molecular weight excluding hydrogens is 342 g/mol. The molecule has 1 N–H and O–H groups in total. The van der Waals surface area contributed by atoms with E-state index in [1.54, 1.807) is 17.2 Å². The van der Waals surface area contributed by atoms with Crippen molar-refractivity contribution in [3.05, 3.63) is 53.9 Å². The lowest BCUT2D eigenvalue weighted by Crippen LogP contribution is -2.49. The van der Waals surface area contributed by atoms with E-state index in [1.807, 2.05) is 35.0 Å². The van der Waals surface area contributed by atoms with Crippen molar-refractivity contribution in [2.45, 2.75) is 51.0 Å². The molecule has 0 atom stereocenters. The quantitative estimate of drug-likeness (QED) is 0.845. The third-order valence-corrected chi connectivity index (χ3v) is 5.82. The minimum Gasteiger partial charge on any atom is -0.481 e. The highest BCUT2D eigenvalue weighted by atomic mass is 16.4. The Hall–Kier alpha value is -2.63. The van der Waals surface area contributed by atoms with E-state index < -0.39 is 11.4 Å². The molecule has 0 unspecified atom stereocenters. The average Bonchev–Trinajstić information content (AvgIpc) is 3.18. The Kier molecular flexibility index (Phi) is 5.63. The average molecular weight is 369 g/mol. The van der Waals surface area contributed by atoms with Gasteiger partial charge in [0.1, 0.15) is 5.69 Å². The van der Waals surface area contributed by atoms with Crippen LogP contribution in [-0.2, 0) is 10.2 Å². The van der Waals surface area contributed by atoms with Crippen LogP contribution in [0.1, 0.15) is 61.6 Å². The van der Waals surface area contributed by atoms with E-state index in [-0.39, 0.29) is 11.9 Å². The van der Waals surface area contributed by atoms with E-state index in [1.165, 1.54) is 0 Å². The number of benzene rings is 1. The van der Waals surface area contributed by atoms with Crippen molar-refractivity contribution in [3.8, 4) is 0 Å². The van der Waals surface area contributed by atoms with Crippen molar-refractivity contribution in [2.75, 3.05) is 13.1 Å². The number of carbonyl (C=O) groups is 2. The van der Waals surface area contributed by atoms with Crippen LogP contribution in [0.25, 0.3) is 0 Å². The van der Waals surface area contributed by atoms with Gasteiger partial charge in [-0.15, -0.1) is 0 Å². The monoisotopic (exact) mass is 369 g/mol. The Labute approximate surface area is 159 Å². The van der Waals surface area contributed by atoms with Gasteiger partial charge in [0.25, 0.3) is 5.91 Å². The van der Waals surface area contributed by atoms with Crippen LogP contribution >= 0.6 is 0 Å².